The molecule has 1 nitrogen and oxygen atoms in total. The predicted molar refractivity (Wildman–Crippen MR) is 108 cm³/mol. The average Bonchev–Trinajstić information content (AvgIpc) is 2.55. The van der Waals surface area contributed by atoms with E-state index in [1.807, 2.05) is 50.3 Å². The number of carbonyl (C=O) groups excluding carboxylic acids is 1. The van der Waals surface area contributed by atoms with Gasteiger partial charge in [0, 0.05) is 5.41 Å². The molecule has 0 aliphatic heterocycles. The molecule has 1 unspecified atom stereocenters. The van der Waals surface area contributed by atoms with Gasteiger partial charge in [-0.05, 0) is 31.9 Å². The normalized spacial score (nSPS) is 21.6. The van der Waals surface area contributed by atoms with Crippen molar-refractivity contribution in [3.05, 3.63) is 89.5 Å². The van der Waals surface area contributed by atoms with Crippen molar-refractivity contribution in [3.63, 3.8) is 0 Å². The summed E-state index contributed by atoms with van der Waals surface area (Å²) in [4.78, 5) is 12.3. The monoisotopic (exact) mass is 332 g/mol. The van der Waals surface area contributed by atoms with Crippen molar-refractivity contribution in [2.45, 2.75) is 40.0 Å². The highest BCUT2D eigenvalue weighted by atomic mass is 16.1. The maximum atomic E-state index is 12.3. The van der Waals surface area contributed by atoms with Gasteiger partial charge in [-0.15, -0.1) is 0 Å². The summed E-state index contributed by atoms with van der Waals surface area (Å²) in [5.41, 5.74) is 2.68. The van der Waals surface area contributed by atoms with Gasteiger partial charge in [-0.1, -0.05) is 98.3 Å². The second kappa shape index (κ2) is 7.65. The van der Waals surface area contributed by atoms with Crippen LogP contribution in [0.1, 0.15) is 45.7 Å². The predicted octanol–water partition coefficient (Wildman–Crippen LogP) is 6.21. The van der Waals surface area contributed by atoms with Gasteiger partial charge in [-0.25, -0.2) is 0 Å². The first-order chi connectivity index (χ1) is 11.8. The number of fused-ring (bicyclic) bond motifs is 1. The van der Waals surface area contributed by atoms with E-state index in [9.17, 15) is 4.79 Å². The van der Waals surface area contributed by atoms with Gasteiger partial charge in [-0.2, -0.15) is 0 Å². The van der Waals surface area contributed by atoms with Crippen LogP contribution in [0.5, 0.6) is 0 Å². The Morgan fingerprint density at radius 3 is 2.04 bits per heavy atom. The van der Waals surface area contributed by atoms with E-state index in [-0.39, 0.29) is 11.2 Å². The van der Waals surface area contributed by atoms with E-state index >= 15 is 0 Å². The van der Waals surface area contributed by atoms with Crippen molar-refractivity contribution in [1.29, 1.82) is 0 Å². The molecule has 1 atom stereocenters. The molecule has 25 heavy (non-hydrogen) atoms. The zero-order valence-electron chi connectivity index (χ0n) is 15.9. The molecule has 0 radical (unpaired) electrons. The molecule has 1 aliphatic carbocycles. The lowest BCUT2D eigenvalue weighted by Crippen LogP contribution is -2.25. The highest BCUT2D eigenvalue weighted by molar-refractivity contribution is 5.89. The van der Waals surface area contributed by atoms with Gasteiger partial charge in [0.15, 0.2) is 0 Å². The zero-order valence-corrected chi connectivity index (χ0v) is 15.9. The van der Waals surface area contributed by atoms with Gasteiger partial charge in [0.1, 0.15) is 5.78 Å². The molecule has 0 aromatic heterocycles. The lowest BCUT2D eigenvalue weighted by atomic mass is 9.75. The fourth-order valence-corrected chi connectivity index (χ4v) is 3.01. The smallest absolute Gasteiger partial charge is 0.143 e. The third-order valence-corrected chi connectivity index (χ3v) is 5.08. The number of hydrogen-bond donors (Lipinski definition) is 0. The van der Waals surface area contributed by atoms with Gasteiger partial charge in [0.05, 0.1) is 5.41 Å². The number of carbonyl (C=O) groups is 1. The first kappa shape index (κ1) is 18.9. The van der Waals surface area contributed by atoms with Gasteiger partial charge in [0.25, 0.3) is 0 Å². The Morgan fingerprint density at radius 2 is 1.40 bits per heavy atom. The Morgan fingerprint density at radius 1 is 0.840 bits per heavy atom. The Labute approximate surface area is 152 Å². The molecule has 0 heterocycles. The molecule has 0 saturated heterocycles. The van der Waals surface area contributed by atoms with E-state index in [0.717, 1.165) is 11.1 Å². The van der Waals surface area contributed by atoms with Crippen LogP contribution in [-0.2, 0) is 10.2 Å². The lowest BCUT2D eigenvalue weighted by molar-refractivity contribution is -0.121. The van der Waals surface area contributed by atoms with E-state index in [4.69, 9.17) is 0 Å². The van der Waals surface area contributed by atoms with Crippen molar-refractivity contribution in [1.82, 2.24) is 0 Å². The fraction of sp³-hybridized carbons (Fsp3) is 0.292. The van der Waals surface area contributed by atoms with Gasteiger partial charge < -0.3 is 0 Å². The molecular weight excluding hydrogens is 304 g/mol. The molecular formula is C24H28O. The Balaban J connectivity index is 2.87. The summed E-state index contributed by atoms with van der Waals surface area (Å²) < 4.78 is 0. The van der Waals surface area contributed by atoms with Crippen LogP contribution in [0.4, 0.5) is 0 Å². The molecule has 1 aromatic rings. The van der Waals surface area contributed by atoms with Crippen molar-refractivity contribution in [2.75, 3.05) is 0 Å². The van der Waals surface area contributed by atoms with Crippen LogP contribution in [0, 0.1) is 5.41 Å². The van der Waals surface area contributed by atoms with Crippen LogP contribution in [0.3, 0.4) is 0 Å². The molecule has 1 heteroatoms. The molecule has 130 valence electrons. The molecule has 1 aromatic carbocycles. The third kappa shape index (κ3) is 4.36. The number of Topliss-reactive ketones (excluding diaryl/α,β-unsaturated/α-hetero) is 1. The summed E-state index contributed by atoms with van der Waals surface area (Å²) >= 11 is 0. The topological polar surface area (TPSA) is 17.1 Å². The SMILES string of the molecule is CC(=O)C1(C)C=CC=CC(C)(C)c2ccccccccc2C=C1C. The average molecular weight is 332 g/mol. The fourth-order valence-electron chi connectivity index (χ4n) is 3.01. The van der Waals surface area contributed by atoms with Gasteiger partial charge >= 0.3 is 0 Å². The lowest BCUT2D eigenvalue weighted by Gasteiger charge is -2.27. The number of ketones is 1. The standard InChI is InChI=1S/C24H28O/c1-19-18-21-14-10-8-6-7-9-11-15-22(21)23(3,4)16-12-13-17-24(19,5)20(2)25/h6-18H,1-5H3. The maximum absolute atomic E-state index is 12.3. The molecule has 0 fully saturated rings. The summed E-state index contributed by atoms with van der Waals surface area (Å²) in [5.74, 6) is 0.148. The van der Waals surface area contributed by atoms with Crippen LogP contribution < -0.4 is 0 Å². The van der Waals surface area contributed by atoms with E-state index in [2.05, 4.69) is 56.3 Å². The summed E-state index contributed by atoms with van der Waals surface area (Å²) in [6, 6.07) is 16.5. The van der Waals surface area contributed by atoms with Crippen LogP contribution in [-0.4, -0.2) is 5.78 Å². The second-order valence-electron chi connectivity index (χ2n) is 7.38. The summed E-state index contributed by atoms with van der Waals surface area (Å²) in [6.45, 7) is 10.1. The molecule has 2 rings (SSSR count). The Kier molecular flexibility index (Phi) is 5.79. The largest absolute Gasteiger partial charge is 0.299 e. The summed E-state index contributed by atoms with van der Waals surface area (Å²) in [5, 5.41) is 0. The Bertz CT molecular complexity index is 791. The van der Waals surface area contributed by atoms with Crippen LogP contribution in [0.25, 0.3) is 6.08 Å². The van der Waals surface area contributed by atoms with Gasteiger partial charge in [0.2, 0.25) is 0 Å². The molecule has 0 bridgehead atoms. The van der Waals surface area contributed by atoms with Crippen molar-refractivity contribution >= 4 is 11.9 Å². The van der Waals surface area contributed by atoms with Crippen LogP contribution >= 0.6 is 0 Å². The van der Waals surface area contributed by atoms with Crippen LogP contribution in [0.2, 0.25) is 0 Å². The number of hydrogen-bond acceptors (Lipinski definition) is 1. The molecule has 0 N–H and O–H groups in total. The van der Waals surface area contributed by atoms with E-state index in [1.165, 1.54) is 5.56 Å². The first-order valence-electron chi connectivity index (χ1n) is 8.77. The molecule has 0 amide bonds. The second-order valence-corrected chi connectivity index (χ2v) is 7.38. The zero-order chi connectivity index (χ0) is 18.5. The van der Waals surface area contributed by atoms with E-state index in [0.29, 0.717) is 0 Å². The number of rotatable bonds is 1. The highest BCUT2D eigenvalue weighted by Gasteiger charge is 2.29. The summed E-state index contributed by atoms with van der Waals surface area (Å²) in [7, 11) is 0. The van der Waals surface area contributed by atoms with E-state index < -0.39 is 5.41 Å². The third-order valence-electron chi connectivity index (χ3n) is 5.08. The quantitative estimate of drug-likeness (QED) is 0.597. The number of allylic oxidation sites excluding steroid dienone is 5. The van der Waals surface area contributed by atoms with Crippen molar-refractivity contribution in [2.24, 2.45) is 5.41 Å². The first-order valence-corrected chi connectivity index (χ1v) is 8.77. The highest BCUT2D eigenvalue weighted by Crippen LogP contribution is 2.35. The molecule has 0 spiro atoms. The van der Waals surface area contributed by atoms with Crippen molar-refractivity contribution < 1.29 is 4.79 Å². The van der Waals surface area contributed by atoms with Crippen LogP contribution in [0.15, 0.2) is 78.4 Å². The molecule has 1 aliphatic rings. The Hall–Kier alpha value is -2.41. The maximum Gasteiger partial charge on any atom is 0.143 e. The minimum Gasteiger partial charge on any atom is -0.299 e. The minimum atomic E-state index is -0.591. The van der Waals surface area contributed by atoms with Gasteiger partial charge in [-0.3, -0.25) is 4.79 Å². The minimum absolute atomic E-state index is 0.127. The van der Waals surface area contributed by atoms with E-state index in [1.54, 1.807) is 6.92 Å². The molecule has 0 saturated carbocycles. The summed E-state index contributed by atoms with van der Waals surface area (Å²) in [6.07, 6.45) is 10.4. The van der Waals surface area contributed by atoms with Crippen molar-refractivity contribution in [3.8, 4) is 0 Å².